The zero-order valence-corrected chi connectivity index (χ0v) is 13.3. The first-order valence-electron chi connectivity index (χ1n) is 7.94. The summed E-state index contributed by atoms with van der Waals surface area (Å²) in [6.45, 7) is 4.00. The van der Waals surface area contributed by atoms with Crippen LogP contribution in [0, 0.1) is 11.7 Å². The molecule has 0 bridgehead atoms. The highest BCUT2D eigenvalue weighted by Gasteiger charge is 2.41. The van der Waals surface area contributed by atoms with Crippen LogP contribution in [0.4, 0.5) is 4.39 Å². The molecule has 0 N–H and O–H groups in total. The number of likely N-dealkylation sites (N-methyl/N-ethyl adjacent to an activating group) is 2. The SMILES string of the molecule is CN(CC(=O)N1C[C@@H]2CCN(C)[C@@H]2C1)Cc1ccc(F)cc1. The van der Waals surface area contributed by atoms with Gasteiger partial charge < -0.3 is 9.80 Å². The van der Waals surface area contributed by atoms with Gasteiger partial charge in [0.2, 0.25) is 5.91 Å². The normalized spacial score (nSPS) is 25.0. The monoisotopic (exact) mass is 305 g/mol. The number of amides is 1. The fourth-order valence-electron chi connectivity index (χ4n) is 3.66. The van der Waals surface area contributed by atoms with Crippen molar-refractivity contribution in [1.82, 2.24) is 14.7 Å². The Morgan fingerprint density at radius 1 is 1.32 bits per heavy atom. The highest BCUT2D eigenvalue weighted by Crippen LogP contribution is 2.30. The minimum Gasteiger partial charge on any atom is -0.340 e. The van der Waals surface area contributed by atoms with Gasteiger partial charge >= 0.3 is 0 Å². The average Bonchev–Trinajstić information content (AvgIpc) is 3.04. The first-order valence-corrected chi connectivity index (χ1v) is 7.94. The molecular formula is C17H24FN3O. The fraction of sp³-hybridized carbons (Fsp3) is 0.588. The number of halogens is 1. The van der Waals surface area contributed by atoms with E-state index in [9.17, 15) is 9.18 Å². The Morgan fingerprint density at radius 3 is 2.73 bits per heavy atom. The quantitative estimate of drug-likeness (QED) is 0.842. The van der Waals surface area contributed by atoms with Gasteiger partial charge in [-0.2, -0.15) is 0 Å². The summed E-state index contributed by atoms with van der Waals surface area (Å²) < 4.78 is 12.9. The minimum absolute atomic E-state index is 0.201. The summed E-state index contributed by atoms with van der Waals surface area (Å²) in [5.41, 5.74) is 1.02. The summed E-state index contributed by atoms with van der Waals surface area (Å²) in [5, 5.41) is 0. The smallest absolute Gasteiger partial charge is 0.236 e. The zero-order chi connectivity index (χ0) is 15.7. The molecule has 0 aliphatic carbocycles. The lowest BCUT2D eigenvalue weighted by molar-refractivity contribution is -0.131. The number of likely N-dealkylation sites (tertiary alicyclic amines) is 2. The molecule has 22 heavy (non-hydrogen) atoms. The Kier molecular flexibility index (Phi) is 4.45. The van der Waals surface area contributed by atoms with Gasteiger partial charge in [0.05, 0.1) is 6.54 Å². The molecule has 2 aliphatic heterocycles. The van der Waals surface area contributed by atoms with Crippen LogP contribution in [-0.4, -0.2) is 66.9 Å². The van der Waals surface area contributed by atoms with Crippen LogP contribution in [0.5, 0.6) is 0 Å². The van der Waals surface area contributed by atoms with Crippen molar-refractivity contribution in [1.29, 1.82) is 0 Å². The maximum atomic E-state index is 12.9. The highest BCUT2D eigenvalue weighted by molar-refractivity contribution is 5.78. The van der Waals surface area contributed by atoms with Crippen LogP contribution < -0.4 is 0 Å². The van der Waals surface area contributed by atoms with Crippen LogP contribution in [-0.2, 0) is 11.3 Å². The number of fused-ring (bicyclic) bond motifs is 1. The maximum absolute atomic E-state index is 12.9. The number of rotatable bonds is 4. The standard InChI is InChI=1S/C17H24FN3O/c1-19(9-13-3-5-15(18)6-4-13)12-17(22)21-10-14-7-8-20(2)16(14)11-21/h3-6,14,16H,7-12H2,1-2H3/t14-,16+/m0/s1. The molecule has 2 atom stereocenters. The van der Waals surface area contributed by atoms with E-state index in [4.69, 9.17) is 0 Å². The van der Waals surface area contributed by atoms with Gasteiger partial charge in [0.1, 0.15) is 5.82 Å². The first-order chi connectivity index (χ1) is 10.5. The Balaban J connectivity index is 1.50. The topological polar surface area (TPSA) is 26.8 Å². The van der Waals surface area contributed by atoms with Crippen molar-refractivity contribution in [3.63, 3.8) is 0 Å². The van der Waals surface area contributed by atoms with E-state index in [0.29, 0.717) is 25.0 Å². The molecule has 0 saturated carbocycles. The number of hydrogen-bond donors (Lipinski definition) is 0. The van der Waals surface area contributed by atoms with Gasteiger partial charge in [0, 0.05) is 25.7 Å². The summed E-state index contributed by atoms with van der Waals surface area (Å²) in [6.07, 6.45) is 1.20. The fourth-order valence-corrected chi connectivity index (χ4v) is 3.66. The lowest BCUT2D eigenvalue weighted by Crippen LogP contribution is -2.40. The predicted octanol–water partition coefficient (Wildman–Crippen LogP) is 1.42. The molecule has 2 aliphatic rings. The summed E-state index contributed by atoms with van der Waals surface area (Å²) in [4.78, 5) is 18.8. The van der Waals surface area contributed by atoms with E-state index in [0.717, 1.165) is 25.2 Å². The van der Waals surface area contributed by atoms with E-state index in [1.807, 2.05) is 16.8 Å². The van der Waals surface area contributed by atoms with Crippen LogP contribution in [0.2, 0.25) is 0 Å². The van der Waals surface area contributed by atoms with Crippen molar-refractivity contribution < 1.29 is 9.18 Å². The van der Waals surface area contributed by atoms with Gasteiger partial charge in [0.25, 0.3) is 0 Å². The summed E-state index contributed by atoms with van der Waals surface area (Å²) in [5.74, 6) is 0.624. The van der Waals surface area contributed by atoms with Gasteiger partial charge in [-0.15, -0.1) is 0 Å². The van der Waals surface area contributed by atoms with Gasteiger partial charge in [-0.3, -0.25) is 9.69 Å². The predicted molar refractivity (Wildman–Crippen MR) is 83.8 cm³/mol. The van der Waals surface area contributed by atoms with Crippen molar-refractivity contribution >= 4 is 5.91 Å². The summed E-state index contributed by atoms with van der Waals surface area (Å²) >= 11 is 0. The number of hydrogen-bond acceptors (Lipinski definition) is 3. The van der Waals surface area contributed by atoms with E-state index in [1.165, 1.54) is 18.6 Å². The van der Waals surface area contributed by atoms with Crippen LogP contribution in [0.25, 0.3) is 0 Å². The summed E-state index contributed by atoms with van der Waals surface area (Å²) in [6, 6.07) is 7.01. The summed E-state index contributed by atoms with van der Waals surface area (Å²) in [7, 11) is 4.09. The van der Waals surface area contributed by atoms with E-state index >= 15 is 0 Å². The van der Waals surface area contributed by atoms with Gasteiger partial charge in [-0.1, -0.05) is 12.1 Å². The highest BCUT2D eigenvalue weighted by atomic mass is 19.1. The molecule has 3 rings (SSSR count). The van der Waals surface area contributed by atoms with Crippen LogP contribution in [0.15, 0.2) is 24.3 Å². The lowest BCUT2D eigenvalue weighted by atomic mass is 10.1. The van der Waals surface area contributed by atoms with Crippen molar-refractivity contribution in [2.45, 2.75) is 19.0 Å². The van der Waals surface area contributed by atoms with E-state index in [-0.39, 0.29) is 11.7 Å². The van der Waals surface area contributed by atoms with Crippen molar-refractivity contribution in [2.24, 2.45) is 5.92 Å². The van der Waals surface area contributed by atoms with Crippen LogP contribution in [0.3, 0.4) is 0 Å². The molecule has 0 aromatic heterocycles. The first kappa shape index (κ1) is 15.4. The molecule has 2 saturated heterocycles. The van der Waals surface area contributed by atoms with Gasteiger partial charge in [-0.25, -0.2) is 4.39 Å². The average molecular weight is 305 g/mol. The molecule has 1 aromatic carbocycles. The largest absolute Gasteiger partial charge is 0.340 e. The van der Waals surface area contributed by atoms with E-state index in [1.54, 1.807) is 12.1 Å². The Hall–Kier alpha value is -1.46. The Bertz CT molecular complexity index is 533. The van der Waals surface area contributed by atoms with Crippen LogP contribution in [0.1, 0.15) is 12.0 Å². The molecule has 0 radical (unpaired) electrons. The van der Waals surface area contributed by atoms with Crippen molar-refractivity contribution in [2.75, 3.05) is 40.3 Å². The lowest BCUT2D eigenvalue weighted by Gasteiger charge is -2.23. The number of benzene rings is 1. The molecule has 5 heteroatoms. The second-order valence-corrected chi connectivity index (χ2v) is 6.69. The maximum Gasteiger partial charge on any atom is 0.236 e. The molecular weight excluding hydrogens is 281 g/mol. The molecule has 2 heterocycles. The van der Waals surface area contributed by atoms with Crippen molar-refractivity contribution in [3.05, 3.63) is 35.6 Å². The second-order valence-electron chi connectivity index (χ2n) is 6.69. The van der Waals surface area contributed by atoms with Gasteiger partial charge in [0.15, 0.2) is 0 Å². The minimum atomic E-state index is -0.227. The van der Waals surface area contributed by atoms with E-state index < -0.39 is 0 Å². The molecule has 1 aromatic rings. The molecule has 1 amide bonds. The molecule has 0 spiro atoms. The third-order valence-electron chi connectivity index (χ3n) is 4.95. The molecule has 2 fully saturated rings. The van der Waals surface area contributed by atoms with Crippen molar-refractivity contribution in [3.8, 4) is 0 Å². The molecule has 0 unspecified atom stereocenters. The van der Waals surface area contributed by atoms with Gasteiger partial charge in [-0.05, 0) is 50.7 Å². The van der Waals surface area contributed by atoms with Crippen LogP contribution >= 0.6 is 0 Å². The second kappa shape index (κ2) is 6.34. The Labute approximate surface area is 131 Å². The number of carbonyl (C=O) groups excluding carboxylic acids is 1. The third kappa shape index (κ3) is 3.31. The Morgan fingerprint density at radius 2 is 2.05 bits per heavy atom. The molecule has 120 valence electrons. The zero-order valence-electron chi connectivity index (χ0n) is 13.3. The van der Waals surface area contributed by atoms with E-state index in [2.05, 4.69) is 11.9 Å². The molecule has 4 nitrogen and oxygen atoms in total. The number of carbonyl (C=O) groups is 1. The third-order valence-corrected chi connectivity index (χ3v) is 4.95. The number of nitrogens with zero attached hydrogens (tertiary/aromatic N) is 3.